The number of nitrogens with zero attached hydrogens (tertiary/aromatic N) is 3. The molecule has 0 radical (unpaired) electrons. The number of hydrogen-bond acceptors (Lipinski definition) is 5. The molecule has 1 N–H and O–H groups in total. The molecule has 5 heteroatoms. The van der Waals surface area contributed by atoms with Crippen molar-refractivity contribution in [1.29, 1.82) is 0 Å². The van der Waals surface area contributed by atoms with Gasteiger partial charge in [0, 0.05) is 19.4 Å². The quantitative estimate of drug-likeness (QED) is 0.919. The minimum Gasteiger partial charge on any atom is -0.389 e. The summed E-state index contributed by atoms with van der Waals surface area (Å²) in [6.07, 6.45) is 7.70. The van der Waals surface area contributed by atoms with E-state index in [1.807, 2.05) is 6.92 Å². The summed E-state index contributed by atoms with van der Waals surface area (Å²) in [5.74, 6) is 1.93. The molecule has 1 aliphatic heterocycles. The maximum Gasteiger partial charge on any atom is 0.223 e. The lowest BCUT2D eigenvalue weighted by Gasteiger charge is -2.39. The van der Waals surface area contributed by atoms with Gasteiger partial charge in [-0.25, -0.2) is 0 Å². The summed E-state index contributed by atoms with van der Waals surface area (Å²) in [7, 11) is 0. The van der Waals surface area contributed by atoms with Crippen LogP contribution in [-0.4, -0.2) is 45.4 Å². The van der Waals surface area contributed by atoms with Gasteiger partial charge in [0.1, 0.15) is 0 Å². The fraction of sp³-hybridized carbons (Fsp3) is 0.867. The first-order valence-corrected chi connectivity index (χ1v) is 7.90. The second kappa shape index (κ2) is 5.82. The van der Waals surface area contributed by atoms with Gasteiger partial charge in [0.15, 0.2) is 5.82 Å². The van der Waals surface area contributed by atoms with Crippen LogP contribution in [-0.2, 0) is 0 Å². The third-order valence-corrected chi connectivity index (χ3v) is 4.80. The molecule has 0 amide bonds. The van der Waals surface area contributed by atoms with E-state index < -0.39 is 5.60 Å². The lowest BCUT2D eigenvalue weighted by Crippen LogP contribution is -2.47. The van der Waals surface area contributed by atoms with Crippen LogP contribution in [0, 0.1) is 6.92 Å². The maximum atomic E-state index is 10.6. The van der Waals surface area contributed by atoms with Gasteiger partial charge in [-0.2, -0.15) is 4.98 Å². The molecule has 1 aromatic heterocycles. The number of aryl methyl sites for hydroxylation is 1. The Balaban J connectivity index is 1.51. The number of piperidine rings is 1. The molecular weight excluding hydrogens is 254 g/mol. The van der Waals surface area contributed by atoms with Gasteiger partial charge < -0.3 is 14.5 Å². The van der Waals surface area contributed by atoms with Gasteiger partial charge in [0.05, 0.1) is 5.60 Å². The molecule has 0 atom stereocenters. The summed E-state index contributed by atoms with van der Waals surface area (Å²) < 4.78 is 5.07. The molecule has 1 saturated carbocycles. The second-order valence-electron chi connectivity index (χ2n) is 6.51. The van der Waals surface area contributed by atoms with Crippen LogP contribution < -0.4 is 0 Å². The molecule has 3 rings (SSSR count). The molecule has 2 aliphatic rings. The first-order chi connectivity index (χ1) is 9.65. The van der Waals surface area contributed by atoms with Crippen molar-refractivity contribution in [3.8, 4) is 0 Å². The summed E-state index contributed by atoms with van der Waals surface area (Å²) in [5.41, 5.74) is -0.437. The highest BCUT2D eigenvalue weighted by molar-refractivity contribution is 4.98. The number of likely N-dealkylation sites (tertiary alicyclic amines) is 1. The highest BCUT2D eigenvalue weighted by Crippen LogP contribution is 2.31. The van der Waals surface area contributed by atoms with Gasteiger partial charge in [0.25, 0.3) is 0 Å². The maximum absolute atomic E-state index is 10.6. The number of hydrogen-bond donors (Lipinski definition) is 1. The fourth-order valence-electron chi connectivity index (χ4n) is 3.61. The smallest absolute Gasteiger partial charge is 0.223 e. The SMILES string of the molecule is Cc1nc(C2CCN(CC3(O)CCCCC3)CC2)no1. The fourth-order valence-corrected chi connectivity index (χ4v) is 3.61. The van der Waals surface area contributed by atoms with E-state index in [-0.39, 0.29) is 0 Å². The topological polar surface area (TPSA) is 62.4 Å². The number of aliphatic hydroxyl groups is 1. The molecule has 0 aromatic carbocycles. The molecule has 0 spiro atoms. The highest BCUT2D eigenvalue weighted by atomic mass is 16.5. The van der Waals surface area contributed by atoms with Gasteiger partial charge >= 0.3 is 0 Å². The number of aromatic nitrogens is 2. The van der Waals surface area contributed by atoms with Gasteiger partial charge in [0.2, 0.25) is 5.89 Å². The second-order valence-corrected chi connectivity index (χ2v) is 6.51. The zero-order valence-electron chi connectivity index (χ0n) is 12.3. The Bertz CT molecular complexity index is 432. The average molecular weight is 279 g/mol. The molecule has 2 fully saturated rings. The average Bonchev–Trinajstić information content (AvgIpc) is 2.87. The molecular formula is C15H25N3O2. The molecule has 0 bridgehead atoms. The van der Waals surface area contributed by atoms with Crippen molar-refractivity contribution in [3.05, 3.63) is 11.7 Å². The van der Waals surface area contributed by atoms with Crippen LogP contribution in [0.15, 0.2) is 4.52 Å². The van der Waals surface area contributed by atoms with Crippen molar-refractivity contribution < 1.29 is 9.63 Å². The summed E-state index contributed by atoms with van der Waals surface area (Å²) in [4.78, 5) is 6.75. The summed E-state index contributed by atoms with van der Waals surface area (Å²) in [6, 6.07) is 0. The highest BCUT2D eigenvalue weighted by Gasteiger charge is 2.33. The molecule has 2 heterocycles. The van der Waals surface area contributed by atoms with E-state index in [9.17, 15) is 5.11 Å². The Morgan fingerprint density at radius 1 is 1.25 bits per heavy atom. The lowest BCUT2D eigenvalue weighted by atomic mass is 9.84. The molecule has 0 unspecified atom stereocenters. The van der Waals surface area contributed by atoms with Crippen LogP contribution in [0.1, 0.15) is 62.6 Å². The Hall–Kier alpha value is -0.940. The van der Waals surface area contributed by atoms with Crippen LogP contribution in [0.25, 0.3) is 0 Å². The van der Waals surface area contributed by atoms with Crippen molar-refractivity contribution >= 4 is 0 Å². The summed E-state index contributed by atoms with van der Waals surface area (Å²) in [5, 5.41) is 14.7. The van der Waals surface area contributed by atoms with E-state index in [1.165, 1.54) is 19.3 Å². The van der Waals surface area contributed by atoms with E-state index in [0.717, 1.165) is 51.1 Å². The largest absolute Gasteiger partial charge is 0.389 e. The van der Waals surface area contributed by atoms with Crippen molar-refractivity contribution in [3.63, 3.8) is 0 Å². The molecule has 20 heavy (non-hydrogen) atoms. The Morgan fingerprint density at radius 3 is 2.55 bits per heavy atom. The van der Waals surface area contributed by atoms with Gasteiger partial charge in [-0.05, 0) is 38.8 Å². The summed E-state index contributed by atoms with van der Waals surface area (Å²) in [6.45, 7) is 4.73. The zero-order chi connectivity index (χ0) is 14.0. The number of rotatable bonds is 3. The Labute approximate surface area is 120 Å². The first-order valence-electron chi connectivity index (χ1n) is 7.90. The van der Waals surface area contributed by atoms with Gasteiger partial charge in [-0.3, -0.25) is 0 Å². The minimum absolute atomic E-state index is 0.421. The predicted octanol–water partition coefficient (Wildman–Crippen LogP) is 2.25. The van der Waals surface area contributed by atoms with Crippen LogP contribution in [0.3, 0.4) is 0 Å². The normalized spacial score (nSPS) is 24.9. The zero-order valence-corrected chi connectivity index (χ0v) is 12.3. The lowest BCUT2D eigenvalue weighted by molar-refractivity contribution is -0.0309. The molecule has 112 valence electrons. The van der Waals surface area contributed by atoms with Crippen LogP contribution >= 0.6 is 0 Å². The third kappa shape index (κ3) is 3.20. The van der Waals surface area contributed by atoms with Gasteiger partial charge in [-0.15, -0.1) is 0 Å². The third-order valence-electron chi connectivity index (χ3n) is 4.80. The van der Waals surface area contributed by atoms with Crippen molar-refractivity contribution in [2.45, 2.75) is 63.4 Å². The monoisotopic (exact) mass is 279 g/mol. The first kappa shape index (κ1) is 14.0. The molecule has 1 aliphatic carbocycles. The van der Waals surface area contributed by atoms with E-state index in [4.69, 9.17) is 4.52 Å². The standard InChI is InChI=1S/C15H25N3O2/c1-12-16-14(17-20-12)13-5-9-18(10-6-13)11-15(19)7-3-2-4-8-15/h13,19H,2-11H2,1H3. The number of β-amino-alcohol motifs (C(OH)–C–C–N with tert-alkyl or cyclic N) is 1. The minimum atomic E-state index is -0.437. The van der Waals surface area contributed by atoms with Crippen LogP contribution in [0.5, 0.6) is 0 Å². The molecule has 5 nitrogen and oxygen atoms in total. The van der Waals surface area contributed by atoms with E-state index >= 15 is 0 Å². The van der Waals surface area contributed by atoms with Crippen LogP contribution in [0.2, 0.25) is 0 Å². The molecule has 1 saturated heterocycles. The van der Waals surface area contributed by atoms with E-state index in [2.05, 4.69) is 15.0 Å². The molecule has 1 aromatic rings. The van der Waals surface area contributed by atoms with E-state index in [1.54, 1.807) is 0 Å². The summed E-state index contributed by atoms with van der Waals surface area (Å²) >= 11 is 0. The Kier molecular flexibility index (Phi) is 4.08. The van der Waals surface area contributed by atoms with Crippen LogP contribution in [0.4, 0.5) is 0 Å². The predicted molar refractivity (Wildman–Crippen MR) is 75.5 cm³/mol. The van der Waals surface area contributed by atoms with Crippen molar-refractivity contribution in [1.82, 2.24) is 15.0 Å². The Morgan fingerprint density at radius 2 is 1.95 bits per heavy atom. The van der Waals surface area contributed by atoms with Crippen molar-refractivity contribution in [2.24, 2.45) is 0 Å². The van der Waals surface area contributed by atoms with Crippen molar-refractivity contribution in [2.75, 3.05) is 19.6 Å². The van der Waals surface area contributed by atoms with E-state index in [0.29, 0.717) is 11.8 Å². The van der Waals surface area contributed by atoms with Gasteiger partial charge in [-0.1, -0.05) is 24.4 Å².